The number of anilines is 1. The van der Waals surface area contributed by atoms with Crippen LogP contribution in [0.25, 0.3) is 21.5 Å². The lowest BCUT2D eigenvalue weighted by Crippen LogP contribution is -2.17. The highest BCUT2D eigenvalue weighted by Crippen LogP contribution is 2.31. The first kappa shape index (κ1) is 18.3. The number of hydrogen-bond donors (Lipinski definition) is 2. The van der Waals surface area contributed by atoms with E-state index in [1.54, 1.807) is 17.4 Å². The predicted molar refractivity (Wildman–Crippen MR) is 113 cm³/mol. The van der Waals surface area contributed by atoms with Crippen molar-refractivity contribution in [1.82, 2.24) is 15.3 Å². The molecule has 0 spiro atoms. The summed E-state index contributed by atoms with van der Waals surface area (Å²) in [7, 11) is 0. The molecule has 4 aromatic rings. The zero-order valence-corrected chi connectivity index (χ0v) is 16.6. The fourth-order valence-corrected chi connectivity index (χ4v) is 4.31. The Balaban J connectivity index is 1.46. The molecule has 2 amide bonds. The molecule has 140 valence electrons. The smallest absolute Gasteiger partial charge is 0.276 e. The van der Waals surface area contributed by atoms with E-state index in [0.29, 0.717) is 17.4 Å². The summed E-state index contributed by atoms with van der Waals surface area (Å²) in [6.07, 6.45) is 0. The Bertz CT molecular complexity index is 1170. The largest absolute Gasteiger partial charge is 0.351 e. The van der Waals surface area contributed by atoms with Gasteiger partial charge >= 0.3 is 0 Å². The SMILES string of the molecule is CC(=O)NCc1ccc(-c2csc(NC(=O)c3ccc4ccccc4n3)n2)s1. The number of fused-ring (bicyclic) bond motifs is 1. The number of aromatic nitrogens is 2. The monoisotopic (exact) mass is 408 g/mol. The molecule has 0 aliphatic rings. The van der Waals surface area contributed by atoms with Gasteiger partial charge in [-0.1, -0.05) is 24.3 Å². The first-order chi connectivity index (χ1) is 13.6. The van der Waals surface area contributed by atoms with E-state index in [4.69, 9.17) is 0 Å². The third-order valence-corrected chi connectivity index (χ3v) is 5.85. The number of nitrogens with zero attached hydrogens (tertiary/aromatic N) is 2. The molecule has 0 aliphatic carbocycles. The molecule has 0 atom stereocenters. The second kappa shape index (κ2) is 7.87. The highest BCUT2D eigenvalue weighted by atomic mass is 32.1. The molecule has 0 saturated heterocycles. The number of pyridine rings is 1. The minimum Gasteiger partial charge on any atom is -0.351 e. The van der Waals surface area contributed by atoms with E-state index in [-0.39, 0.29) is 11.8 Å². The van der Waals surface area contributed by atoms with Crippen LogP contribution in [0.3, 0.4) is 0 Å². The van der Waals surface area contributed by atoms with Crippen LogP contribution in [0.2, 0.25) is 0 Å². The molecule has 3 aromatic heterocycles. The van der Waals surface area contributed by atoms with Gasteiger partial charge in [-0.15, -0.1) is 22.7 Å². The van der Waals surface area contributed by atoms with Crippen LogP contribution in [-0.2, 0) is 11.3 Å². The van der Waals surface area contributed by atoms with E-state index in [2.05, 4.69) is 20.6 Å². The van der Waals surface area contributed by atoms with E-state index >= 15 is 0 Å². The predicted octanol–water partition coefficient (Wildman–Crippen LogP) is 4.31. The van der Waals surface area contributed by atoms with E-state index in [1.807, 2.05) is 47.8 Å². The topological polar surface area (TPSA) is 84.0 Å². The van der Waals surface area contributed by atoms with Crippen molar-refractivity contribution in [2.45, 2.75) is 13.5 Å². The quantitative estimate of drug-likeness (QED) is 0.515. The zero-order valence-electron chi connectivity index (χ0n) is 14.9. The fourth-order valence-electron chi connectivity index (χ4n) is 2.62. The summed E-state index contributed by atoms with van der Waals surface area (Å²) in [5, 5.41) is 9.00. The van der Waals surface area contributed by atoms with Gasteiger partial charge in [0.15, 0.2) is 5.13 Å². The maximum Gasteiger partial charge on any atom is 0.276 e. The summed E-state index contributed by atoms with van der Waals surface area (Å²) in [4.78, 5) is 34.5. The second-order valence-electron chi connectivity index (χ2n) is 6.06. The van der Waals surface area contributed by atoms with Gasteiger partial charge in [0.05, 0.1) is 22.6 Å². The summed E-state index contributed by atoms with van der Waals surface area (Å²) in [5.41, 5.74) is 1.93. The normalized spacial score (nSPS) is 10.8. The van der Waals surface area contributed by atoms with Crippen LogP contribution in [0.1, 0.15) is 22.3 Å². The highest BCUT2D eigenvalue weighted by molar-refractivity contribution is 7.17. The molecule has 6 nitrogen and oxygen atoms in total. The minimum atomic E-state index is -0.288. The average Bonchev–Trinajstić information content (AvgIpc) is 3.35. The standard InChI is InChI=1S/C20H16N4O2S2/c1-12(25)21-10-14-7-9-18(28-14)17-11-27-20(23-17)24-19(26)16-8-6-13-4-2-3-5-15(13)22-16/h2-9,11H,10H2,1H3,(H,21,25)(H,23,24,26). The lowest BCUT2D eigenvalue weighted by atomic mass is 10.2. The van der Waals surface area contributed by atoms with Crippen molar-refractivity contribution in [3.63, 3.8) is 0 Å². The van der Waals surface area contributed by atoms with Gasteiger partial charge in [0.25, 0.3) is 5.91 Å². The van der Waals surface area contributed by atoms with Crippen LogP contribution in [0, 0.1) is 0 Å². The molecule has 8 heteroatoms. The molecular weight excluding hydrogens is 392 g/mol. The second-order valence-corrected chi connectivity index (χ2v) is 8.08. The lowest BCUT2D eigenvalue weighted by molar-refractivity contribution is -0.119. The lowest BCUT2D eigenvalue weighted by Gasteiger charge is -2.02. The number of carbonyl (C=O) groups excluding carboxylic acids is 2. The summed E-state index contributed by atoms with van der Waals surface area (Å²) in [6, 6.07) is 15.2. The molecule has 0 radical (unpaired) electrons. The molecule has 1 aromatic carbocycles. The summed E-state index contributed by atoms with van der Waals surface area (Å²) in [5.74, 6) is -0.347. The summed E-state index contributed by atoms with van der Waals surface area (Å²) >= 11 is 2.93. The molecule has 0 fully saturated rings. The molecular formula is C20H16N4O2S2. The molecule has 0 aliphatic heterocycles. The van der Waals surface area contributed by atoms with Crippen LogP contribution in [0.5, 0.6) is 0 Å². The minimum absolute atomic E-state index is 0.0593. The number of benzene rings is 1. The van der Waals surface area contributed by atoms with Crippen molar-refractivity contribution in [2.24, 2.45) is 0 Å². The average molecular weight is 409 g/mol. The fraction of sp³-hybridized carbons (Fsp3) is 0.100. The number of hydrogen-bond acceptors (Lipinski definition) is 6. The molecule has 0 saturated carbocycles. The third kappa shape index (κ3) is 4.08. The van der Waals surface area contributed by atoms with Crippen molar-refractivity contribution in [3.8, 4) is 10.6 Å². The Morgan fingerprint density at radius 3 is 2.75 bits per heavy atom. The first-order valence-electron chi connectivity index (χ1n) is 8.55. The zero-order chi connectivity index (χ0) is 19.5. The molecule has 4 rings (SSSR count). The van der Waals surface area contributed by atoms with Gasteiger partial charge in [0.2, 0.25) is 5.91 Å². The van der Waals surface area contributed by atoms with E-state index in [0.717, 1.165) is 26.4 Å². The van der Waals surface area contributed by atoms with E-state index in [9.17, 15) is 9.59 Å². The van der Waals surface area contributed by atoms with Crippen LogP contribution in [0.15, 0.2) is 53.9 Å². The Morgan fingerprint density at radius 2 is 1.89 bits per heavy atom. The Kier molecular flexibility index (Phi) is 5.14. The number of thiazole rings is 1. The van der Waals surface area contributed by atoms with E-state index < -0.39 is 0 Å². The van der Waals surface area contributed by atoms with Crippen LogP contribution in [-0.4, -0.2) is 21.8 Å². The third-order valence-electron chi connectivity index (χ3n) is 3.98. The number of nitrogens with one attached hydrogen (secondary N) is 2. The van der Waals surface area contributed by atoms with Gasteiger partial charge in [0.1, 0.15) is 5.69 Å². The van der Waals surface area contributed by atoms with Crippen molar-refractivity contribution in [3.05, 3.63) is 64.5 Å². The van der Waals surface area contributed by atoms with Gasteiger partial charge in [-0.3, -0.25) is 14.9 Å². The molecule has 28 heavy (non-hydrogen) atoms. The van der Waals surface area contributed by atoms with Gasteiger partial charge < -0.3 is 5.32 Å². The Hall–Kier alpha value is -3.10. The molecule has 0 bridgehead atoms. The Morgan fingerprint density at radius 1 is 1.04 bits per heavy atom. The maximum atomic E-state index is 12.5. The molecule has 0 unspecified atom stereocenters. The van der Waals surface area contributed by atoms with Crippen LogP contribution >= 0.6 is 22.7 Å². The van der Waals surface area contributed by atoms with Crippen molar-refractivity contribution in [2.75, 3.05) is 5.32 Å². The van der Waals surface area contributed by atoms with Gasteiger partial charge in [-0.05, 0) is 24.3 Å². The molecule has 2 N–H and O–H groups in total. The highest BCUT2D eigenvalue weighted by Gasteiger charge is 2.13. The van der Waals surface area contributed by atoms with Crippen molar-refractivity contribution < 1.29 is 9.59 Å². The number of thiophene rings is 1. The summed E-state index contributed by atoms with van der Waals surface area (Å²) < 4.78 is 0. The number of amides is 2. The maximum absolute atomic E-state index is 12.5. The van der Waals surface area contributed by atoms with Crippen LogP contribution < -0.4 is 10.6 Å². The van der Waals surface area contributed by atoms with Crippen molar-refractivity contribution >= 4 is 50.5 Å². The number of para-hydroxylation sites is 1. The van der Waals surface area contributed by atoms with Gasteiger partial charge in [-0.2, -0.15) is 0 Å². The Labute approximate surface area is 169 Å². The molecule has 3 heterocycles. The van der Waals surface area contributed by atoms with E-state index in [1.165, 1.54) is 18.3 Å². The van der Waals surface area contributed by atoms with Crippen molar-refractivity contribution in [1.29, 1.82) is 0 Å². The van der Waals surface area contributed by atoms with Crippen LogP contribution in [0.4, 0.5) is 5.13 Å². The number of carbonyl (C=O) groups is 2. The van der Waals surface area contributed by atoms with Gasteiger partial charge in [-0.25, -0.2) is 9.97 Å². The number of rotatable bonds is 5. The summed E-state index contributed by atoms with van der Waals surface area (Å²) in [6.45, 7) is 2.00. The van der Waals surface area contributed by atoms with Gasteiger partial charge in [0, 0.05) is 22.6 Å². The first-order valence-corrected chi connectivity index (χ1v) is 10.2.